The topological polar surface area (TPSA) is 61.8 Å². The van der Waals surface area contributed by atoms with Crippen LogP contribution in [0.25, 0.3) is 0 Å². The second-order valence-electron chi connectivity index (χ2n) is 3.43. The lowest BCUT2D eigenvalue weighted by Gasteiger charge is -2.04. The maximum Gasteiger partial charge on any atom is 0.524 e. The Bertz CT molecular complexity index is 499. The molecule has 0 atom stereocenters. The van der Waals surface area contributed by atoms with E-state index in [0.29, 0.717) is 0 Å². The van der Waals surface area contributed by atoms with Crippen molar-refractivity contribution in [3.63, 3.8) is 0 Å². The van der Waals surface area contributed by atoms with Gasteiger partial charge in [-0.3, -0.25) is 0 Å². The summed E-state index contributed by atoms with van der Waals surface area (Å²) in [6.07, 6.45) is -2.29. The van der Waals surface area contributed by atoms with Crippen LogP contribution in [-0.2, 0) is 4.74 Å². The molecule has 0 saturated carbocycles. The largest absolute Gasteiger partial charge is 0.524 e. The van der Waals surface area contributed by atoms with Crippen LogP contribution >= 0.6 is 0 Å². The van der Waals surface area contributed by atoms with Crippen molar-refractivity contribution >= 4 is 12.3 Å². The Morgan fingerprint density at radius 2 is 1.00 bits per heavy atom. The third kappa shape index (κ3) is 4.16. The molecule has 5 heteroatoms. The van der Waals surface area contributed by atoms with E-state index < -0.39 is 12.3 Å². The van der Waals surface area contributed by atoms with E-state index in [0.717, 1.165) is 0 Å². The van der Waals surface area contributed by atoms with Crippen molar-refractivity contribution in [2.75, 3.05) is 0 Å². The van der Waals surface area contributed by atoms with Gasteiger partial charge in [-0.05, 0) is 24.3 Å². The molecule has 0 N–H and O–H groups in total. The third-order valence-corrected chi connectivity index (χ3v) is 2.06. The highest BCUT2D eigenvalue weighted by Gasteiger charge is 2.14. The summed E-state index contributed by atoms with van der Waals surface area (Å²) < 4.78 is 13.9. The van der Waals surface area contributed by atoms with Gasteiger partial charge in [0.1, 0.15) is 11.5 Å². The van der Waals surface area contributed by atoms with E-state index in [2.05, 4.69) is 4.74 Å². The van der Waals surface area contributed by atoms with Gasteiger partial charge in [-0.25, -0.2) is 9.59 Å². The van der Waals surface area contributed by atoms with Crippen molar-refractivity contribution in [1.29, 1.82) is 0 Å². The SMILES string of the molecule is O=C(OC(=O)Oc1ccccc1)Oc1ccccc1. The summed E-state index contributed by atoms with van der Waals surface area (Å²) in [5.41, 5.74) is 0. The molecular weight excluding hydrogens is 248 g/mol. The normalized spacial score (nSPS) is 9.47. The molecule has 2 aromatic carbocycles. The minimum absolute atomic E-state index is 0.278. The Morgan fingerprint density at radius 1 is 0.632 bits per heavy atom. The monoisotopic (exact) mass is 258 g/mol. The maximum atomic E-state index is 11.3. The summed E-state index contributed by atoms with van der Waals surface area (Å²) in [5.74, 6) is 0.556. The molecule has 0 heterocycles. The fourth-order valence-corrected chi connectivity index (χ4v) is 1.28. The zero-order valence-electron chi connectivity index (χ0n) is 9.81. The van der Waals surface area contributed by atoms with Gasteiger partial charge in [-0.1, -0.05) is 36.4 Å². The molecule has 0 fully saturated rings. The van der Waals surface area contributed by atoms with E-state index in [-0.39, 0.29) is 11.5 Å². The molecule has 0 amide bonds. The van der Waals surface area contributed by atoms with Crippen LogP contribution in [0.4, 0.5) is 9.59 Å². The van der Waals surface area contributed by atoms with Crippen molar-refractivity contribution in [2.45, 2.75) is 0 Å². The number of ether oxygens (including phenoxy) is 3. The third-order valence-electron chi connectivity index (χ3n) is 2.06. The van der Waals surface area contributed by atoms with Crippen molar-refractivity contribution in [3.8, 4) is 11.5 Å². The molecule has 96 valence electrons. The lowest BCUT2D eigenvalue weighted by molar-refractivity contribution is 0.0896. The Kier molecular flexibility index (Phi) is 4.12. The van der Waals surface area contributed by atoms with Gasteiger partial charge in [0.05, 0.1) is 0 Å². The van der Waals surface area contributed by atoms with Gasteiger partial charge in [0.2, 0.25) is 0 Å². The lowest BCUT2D eigenvalue weighted by Crippen LogP contribution is -2.19. The first-order valence-electron chi connectivity index (χ1n) is 5.45. The van der Waals surface area contributed by atoms with Gasteiger partial charge in [0, 0.05) is 0 Å². The van der Waals surface area contributed by atoms with Crippen molar-refractivity contribution in [2.24, 2.45) is 0 Å². The predicted octanol–water partition coefficient (Wildman–Crippen LogP) is 3.40. The van der Waals surface area contributed by atoms with Crippen LogP contribution in [0.3, 0.4) is 0 Å². The predicted molar refractivity (Wildman–Crippen MR) is 66.0 cm³/mol. The molecule has 0 aliphatic carbocycles. The van der Waals surface area contributed by atoms with Crippen LogP contribution < -0.4 is 9.47 Å². The minimum Gasteiger partial charge on any atom is -0.395 e. The fourth-order valence-electron chi connectivity index (χ4n) is 1.28. The number of benzene rings is 2. The quantitative estimate of drug-likeness (QED) is 0.469. The van der Waals surface area contributed by atoms with Crippen molar-refractivity contribution in [3.05, 3.63) is 60.7 Å². The van der Waals surface area contributed by atoms with Crippen molar-refractivity contribution < 1.29 is 23.8 Å². The molecular formula is C14H10O5. The lowest BCUT2D eigenvalue weighted by atomic mass is 10.3. The van der Waals surface area contributed by atoms with Crippen LogP contribution in [0.5, 0.6) is 11.5 Å². The molecule has 0 aliphatic rings. The summed E-state index contributed by atoms with van der Waals surface area (Å²) in [4.78, 5) is 22.5. The van der Waals surface area contributed by atoms with E-state index in [4.69, 9.17) is 9.47 Å². The maximum absolute atomic E-state index is 11.3. The molecule has 0 saturated heterocycles. The number of para-hydroxylation sites is 2. The number of hydrogen-bond acceptors (Lipinski definition) is 5. The van der Waals surface area contributed by atoms with Gasteiger partial charge in [0.25, 0.3) is 0 Å². The first-order valence-corrected chi connectivity index (χ1v) is 5.45. The van der Waals surface area contributed by atoms with Gasteiger partial charge >= 0.3 is 12.3 Å². The number of carbonyl (C=O) groups excluding carboxylic acids is 2. The molecule has 5 nitrogen and oxygen atoms in total. The molecule has 0 unspecified atom stereocenters. The molecule has 0 aliphatic heterocycles. The van der Waals surface area contributed by atoms with Crippen LogP contribution in [-0.4, -0.2) is 12.3 Å². The first-order chi connectivity index (χ1) is 9.24. The van der Waals surface area contributed by atoms with E-state index in [1.165, 1.54) is 0 Å². The van der Waals surface area contributed by atoms with Crippen molar-refractivity contribution in [1.82, 2.24) is 0 Å². The second-order valence-corrected chi connectivity index (χ2v) is 3.43. The van der Waals surface area contributed by atoms with E-state index >= 15 is 0 Å². The summed E-state index contributed by atoms with van der Waals surface area (Å²) in [5, 5.41) is 0. The molecule has 2 aromatic rings. The zero-order chi connectivity index (χ0) is 13.5. The summed E-state index contributed by atoms with van der Waals surface area (Å²) in [6.45, 7) is 0. The standard InChI is InChI=1S/C14H10O5/c15-13(17-11-7-3-1-4-8-11)19-14(16)18-12-9-5-2-6-10-12/h1-10H. The Labute approximate surface area is 109 Å². The average molecular weight is 258 g/mol. The van der Waals surface area contributed by atoms with Crippen LogP contribution in [0.2, 0.25) is 0 Å². The van der Waals surface area contributed by atoms with Crippen LogP contribution in [0, 0.1) is 0 Å². The highest BCUT2D eigenvalue weighted by atomic mass is 16.8. The van der Waals surface area contributed by atoms with Gasteiger partial charge < -0.3 is 14.2 Å². The molecule has 0 bridgehead atoms. The van der Waals surface area contributed by atoms with Gasteiger partial charge in [-0.15, -0.1) is 0 Å². The highest BCUT2D eigenvalue weighted by Crippen LogP contribution is 2.11. The van der Waals surface area contributed by atoms with E-state index in [1.54, 1.807) is 60.7 Å². The Morgan fingerprint density at radius 3 is 1.37 bits per heavy atom. The highest BCUT2D eigenvalue weighted by molar-refractivity contribution is 5.79. The number of hydrogen-bond donors (Lipinski definition) is 0. The smallest absolute Gasteiger partial charge is 0.395 e. The second kappa shape index (κ2) is 6.20. The molecule has 0 aromatic heterocycles. The molecule has 19 heavy (non-hydrogen) atoms. The van der Waals surface area contributed by atoms with Gasteiger partial charge in [-0.2, -0.15) is 0 Å². The molecule has 0 radical (unpaired) electrons. The first kappa shape index (κ1) is 12.6. The van der Waals surface area contributed by atoms with Crippen LogP contribution in [0.15, 0.2) is 60.7 Å². The van der Waals surface area contributed by atoms with Gasteiger partial charge in [0.15, 0.2) is 0 Å². The minimum atomic E-state index is -1.15. The summed E-state index contributed by atoms with van der Waals surface area (Å²) >= 11 is 0. The van der Waals surface area contributed by atoms with Crippen LogP contribution in [0.1, 0.15) is 0 Å². The fraction of sp³-hybridized carbons (Fsp3) is 0. The summed E-state index contributed by atoms with van der Waals surface area (Å²) in [6, 6.07) is 16.5. The van der Waals surface area contributed by atoms with E-state index in [1.807, 2.05) is 0 Å². The summed E-state index contributed by atoms with van der Waals surface area (Å²) in [7, 11) is 0. The Balaban J connectivity index is 1.84. The zero-order valence-corrected chi connectivity index (χ0v) is 9.81. The molecule has 0 spiro atoms. The molecule has 2 rings (SSSR count). The Hall–Kier alpha value is -2.82. The number of rotatable bonds is 2. The number of carbonyl (C=O) groups is 2. The van der Waals surface area contributed by atoms with E-state index in [9.17, 15) is 9.59 Å². The average Bonchev–Trinajstić information content (AvgIpc) is 2.40.